The number of nitrogens with zero attached hydrogens (tertiary/aromatic N) is 3. The van der Waals surface area contributed by atoms with Gasteiger partial charge in [-0.05, 0) is 55.0 Å². The zero-order chi connectivity index (χ0) is 23.8. The highest BCUT2D eigenvalue weighted by molar-refractivity contribution is 6.74. The molecule has 0 rings (SSSR count). The van der Waals surface area contributed by atoms with E-state index in [1.807, 2.05) is 12.2 Å². The van der Waals surface area contributed by atoms with Gasteiger partial charge >= 0.3 is 7.05 Å². The minimum Gasteiger partial charge on any atom is -0.437 e. The number of hydrogen-bond donors (Lipinski definition) is 2. The van der Waals surface area contributed by atoms with Gasteiger partial charge in [0.1, 0.15) is 0 Å². The molecule has 10 heteroatoms. The van der Waals surface area contributed by atoms with E-state index >= 15 is 0 Å². The number of nitrogens with one attached hydrogen (secondary N) is 1. The van der Waals surface area contributed by atoms with Crippen molar-refractivity contribution in [1.29, 1.82) is 0 Å². The summed E-state index contributed by atoms with van der Waals surface area (Å²) in [5, 5.41) is 17.1. The molecule has 0 bridgehead atoms. The first-order valence-corrected chi connectivity index (χ1v) is 16.7. The summed E-state index contributed by atoms with van der Waals surface area (Å²) in [6.07, 6.45) is 4.42. The van der Waals surface area contributed by atoms with E-state index in [1.54, 1.807) is 6.82 Å². The molecule has 7 nitrogen and oxygen atoms in total. The summed E-state index contributed by atoms with van der Waals surface area (Å²) in [6, 6.07) is -0.191. The predicted molar refractivity (Wildman–Crippen MR) is 134 cm³/mol. The molecule has 174 valence electrons. The van der Waals surface area contributed by atoms with E-state index in [2.05, 4.69) is 83.0 Å². The van der Waals surface area contributed by atoms with Gasteiger partial charge in [0.2, 0.25) is 0 Å². The van der Waals surface area contributed by atoms with E-state index in [0.717, 1.165) is 0 Å². The first-order chi connectivity index (χ1) is 13.4. The van der Waals surface area contributed by atoms with Crippen molar-refractivity contribution in [3.8, 4) is 0 Å². The van der Waals surface area contributed by atoms with E-state index in [0.29, 0.717) is 19.6 Å². The van der Waals surface area contributed by atoms with Gasteiger partial charge in [-0.15, -0.1) is 0 Å². The van der Waals surface area contributed by atoms with Crippen LogP contribution in [-0.2, 0) is 8.85 Å². The summed E-state index contributed by atoms with van der Waals surface area (Å²) < 4.78 is 13.2. The zero-order valence-corrected chi connectivity index (χ0v) is 23.1. The van der Waals surface area contributed by atoms with Gasteiger partial charge in [-0.2, -0.15) is 0 Å². The Hall–Kier alpha value is -0.611. The summed E-state index contributed by atoms with van der Waals surface area (Å²) in [7, 11) is -4.70. The molecule has 0 saturated carbocycles. The van der Waals surface area contributed by atoms with Gasteiger partial charge < -0.3 is 19.1 Å². The molecule has 0 aromatic carbocycles. The zero-order valence-electron chi connectivity index (χ0n) is 21.1. The summed E-state index contributed by atoms with van der Waals surface area (Å²) >= 11 is 0. The largest absolute Gasteiger partial charge is 0.437 e. The van der Waals surface area contributed by atoms with E-state index in [-0.39, 0.29) is 22.2 Å². The molecule has 0 aliphatic rings. The molecule has 0 radical (unpaired) electrons. The maximum Gasteiger partial charge on any atom is 0.373 e. The van der Waals surface area contributed by atoms with Crippen molar-refractivity contribution in [1.82, 2.24) is 5.23 Å². The third-order valence-corrected chi connectivity index (χ3v) is 15.3. The maximum atomic E-state index is 10.1. The maximum absolute atomic E-state index is 10.1. The van der Waals surface area contributed by atoms with Crippen LogP contribution in [0.3, 0.4) is 0 Å². The Morgan fingerprint density at radius 2 is 1.63 bits per heavy atom. The standard InChI is InChI=1S/C20H45BN4O3Si2/c1-19(2,3)29(8,9)27-16-17(24-21(7)26)18(14-12-13-15-23-25-22)28-30(10,11)20(4,5)6/h12,14,17-18,24,26H,13,15-16H2,1-11H3/t17-,18+/m1/s1. The van der Waals surface area contributed by atoms with Crippen molar-refractivity contribution in [2.24, 2.45) is 5.11 Å². The molecule has 0 saturated heterocycles. The normalized spacial score (nSPS) is 15.7. The summed E-state index contributed by atoms with van der Waals surface area (Å²) in [4.78, 5) is 2.80. The van der Waals surface area contributed by atoms with Crippen LogP contribution in [0.25, 0.3) is 10.4 Å². The Labute approximate surface area is 187 Å². The minimum atomic E-state index is -2.07. The molecular formula is C20H45BN4O3Si2. The summed E-state index contributed by atoms with van der Waals surface area (Å²) in [5.41, 5.74) is 8.48. The van der Waals surface area contributed by atoms with Crippen LogP contribution in [0.4, 0.5) is 0 Å². The van der Waals surface area contributed by atoms with Crippen LogP contribution in [-0.4, -0.2) is 54.0 Å². The molecule has 2 atom stereocenters. The highest BCUT2D eigenvalue weighted by Crippen LogP contribution is 2.39. The Balaban J connectivity index is 5.74. The second kappa shape index (κ2) is 11.9. The third kappa shape index (κ3) is 10.1. The smallest absolute Gasteiger partial charge is 0.373 e. The van der Waals surface area contributed by atoms with Gasteiger partial charge in [0.25, 0.3) is 0 Å². The van der Waals surface area contributed by atoms with Crippen molar-refractivity contribution in [2.45, 2.75) is 103 Å². The molecular weight excluding hydrogens is 411 g/mol. The predicted octanol–water partition coefficient (Wildman–Crippen LogP) is 5.72. The summed E-state index contributed by atoms with van der Waals surface area (Å²) in [6.45, 7) is 24.8. The molecule has 0 heterocycles. The Morgan fingerprint density at radius 1 is 1.10 bits per heavy atom. The van der Waals surface area contributed by atoms with Crippen molar-refractivity contribution in [2.75, 3.05) is 13.2 Å². The van der Waals surface area contributed by atoms with Gasteiger partial charge in [0, 0.05) is 11.5 Å². The van der Waals surface area contributed by atoms with Gasteiger partial charge in [-0.3, -0.25) is 0 Å². The number of azide groups is 1. The fourth-order valence-corrected chi connectivity index (χ4v) is 4.55. The van der Waals surface area contributed by atoms with Gasteiger partial charge in [-0.25, -0.2) is 0 Å². The molecule has 0 aromatic rings. The lowest BCUT2D eigenvalue weighted by Crippen LogP contribution is -2.56. The fourth-order valence-electron chi connectivity index (χ4n) is 2.24. The molecule has 2 N–H and O–H groups in total. The Bertz CT molecular complexity index is 596. The average molecular weight is 457 g/mol. The van der Waals surface area contributed by atoms with E-state index in [9.17, 15) is 5.02 Å². The van der Waals surface area contributed by atoms with Gasteiger partial charge in [0.15, 0.2) is 16.6 Å². The number of hydrogen-bond acceptors (Lipinski definition) is 5. The van der Waals surface area contributed by atoms with Gasteiger partial charge in [0.05, 0.1) is 18.8 Å². The monoisotopic (exact) mass is 456 g/mol. The number of rotatable bonds is 12. The highest BCUT2D eigenvalue weighted by atomic mass is 28.4. The SMILES string of the molecule is CB(O)N[C@H](CO[Si](C)(C)C(C)(C)C)[C@H](C=CCCN=[N+]=[N-])O[Si](C)(C)C(C)(C)C. The quantitative estimate of drug-likeness (QED) is 0.0979. The Morgan fingerprint density at radius 3 is 2.07 bits per heavy atom. The highest BCUT2D eigenvalue weighted by Gasteiger charge is 2.42. The third-order valence-electron chi connectivity index (χ3n) is 6.30. The van der Waals surface area contributed by atoms with Crippen LogP contribution in [0.5, 0.6) is 0 Å². The van der Waals surface area contributed by atoms with Crippen molar-refractivity contribution in [3.05, 3.63) is 22.6 Å². The lowest BCUT2D eigenvalue weighted by atomic mass is 9.86. The first-order valence-electron chi connectivity index (χ1n) is 10.9. The lowest BCUT2D eigenvalue weighted by molar-refractivity contribution is 0.141. The molecule has 0 aliphatic carbocycles. The molecule has 0 fully saturated rings. The summed E-state index contributed by atoms with van der Waals surface area (Å²) in [5.74, 6) is 0. The van der Waals surface area contributed by atoms with Gasteiger partial charge in [-0.1, -0.05) is 58.8 Å². The van der Waals surface area contributed by atoms with E-state index in [4.69, 9.17) is 14.4 Å². The molecule has 0 aliphatic heterocycles. The topological polar surface area (TPSA) is 99.5 Å². The van der Waals surface area contributed by atoms with Crippen molar-refractivity contribution >= 4 is 23.7 Å². The first kappa shape index (κ1) is 29.4. The van der Waals surface area contributed by atoms with Crippen LogP contribution in [0.15, 0.2) is 17.3 Å². The van der Waals surface area contributed by atoms with Crippen molar-refractivity contribution < 1.29 is 13.9 Å². The average Bonchev–Trinajstić information content (AvgIpc) is 2.55. The van der Waals surface area contributed by atoms with Crippen LogP contribution >= 0.6 is 0 Å². The van der Waals surface area contributed by atoms with Crippen LogP contribution in [0.2, 0.25) is 43.1 Å². The van der Waals surface area contributed by atoms with E-state index in [1.165, 1.54) is 0 Å². The van der Waals surface area contributed by atoms with E-state index < -0.39 is 23.7 Å². The fraction of sp³-hybridized carbons (Fsp3) is 0.900. The molecule has 0 unspecified atom stereocenters. The Kier molecular flexibility index (Phi) is 11.6. The van der Waals surface area contributed by atoms with Crippen LogP contribution < -0.4 is 5.23 Å². The molecule has 0 spiro atoms. The molecule has 0 aromatic heterocycles. The lowest BCUT2D eigenvalue weighted by Gasteiger charge is -2.42. The van der Waals surface area contributed by atoms with Crippen molar-refractivity contribution in [3.63, 3.8) is 0 Å². The van der Waals surface area contributed by atoms with Crippen LogP contribution in [0, 0.1) is 0 Å². The molecule has 0 amide bonds. The van der Waals surface area contributed by atoms with Crippen LogP contribution in [0.1, 0.15) is 48.0 Å². The second-order valence-electron chi connectivity index (χ2n) is 11.0. The second-order valence-corrected chi connectivity index (χ2v) is 20.6. The molecule has 30 heavy (non-hydrogen) atoms. The minimum absolute atomic E-state index is 0.0554.